The number of ether oxygens (including phenoxy) is 1. The van der Waals surface area contributed by atoms with Crippen molar-refractivity contribution >= 4 is 17.9 Å². The van der Waals surface area contributed by atoms with Gasteiger partial charge in [-0.15, -0.1) is 0 Å². The minimum absolute atomic E-state index is 0.00872. The van der Waals surface area contributed by atoms with E-state index in [1.54, 1.807) is 24.0 Å². The summed E-state index contributed by atoms with van der Waals surface area (Å²) in [6, 6.07) is 11.6. The van der Waals surface area contributed by atoms with Gasteiger partial charge in [-0.05, 0) is 29.8 Å². The third kappa shape index (κ3) is 3.31. The highest BCUT2D eigenvalue weighted by Gasteiger charge is 2.71. The number of carbonyl (C=O) groups excluding carboxylic acids is 1. The van der Waals surface area contributed by atoms with Crippen molar-refractivity contribution in [1.29, 1.82) is 10.8 Å². The molecule has 5 rings (SSSR count). The van der Waals surface area contributed by atoms with E-state index in [9.17, 15) is 23.2 Å². The molecule has 3 fully saturated rings. The number of nitrogens with zero attached hydrogens (tertiary/aromatic N) is 2. The lowest BCUT2D eigenvalue weighted by atomic mass is 9.85. The van der Waals surface area contributed by atoms with Crippen LogP contribution in [0.5, 0.6) is 0 Å². The fourth-order valence-electron chi connectivity index (χ4n) is 5.49. The molecule has 0 bridgehead atoms. The van der Waals surface area contributed by atoms with E-state index in [-0.39, 0.29) is 24.0 Å². The molecular weight excluding hydrogens is 465 g/mol. The molecule has 3 aliphatic heterocycles. The van der Waals surface area contributed by atoms with Crippen molar-refractivity contribution in [2.45, 2.75) is 37.0 Å². The van der Waals surface area contributed by atoms with Crippen molar-refractivity contribution in [3.05, 3.63) is 71.3 Å². The standard InChI is InChI=1S/C23H23F3N6O3/c1-12-18(35-19(33)14-7-9-15(10-8-14)23(24,25)26)17(13-5-3-2-4-6-13)31-20(27)29-11-16-22(12,31)32(34)21(28)30-16/h2-10,12,16-18,34H,11H2,1H3,(H2,27,29)(H2,28,30)/t12-,16?,17?,18-,22?/m1/s1. The second kappa shape index (κ2) is 7.87. The molecule has 0 aromatic heterocycles. The molecule has 3 heterocycles. The monoisotopic (exact) mass is 488 g/mol. The fourth-order valence-corrected chi connectivity index (χ4v) is 5.49. The summed E-state index contributed by atoms with van der Waals surface area (Å²) in [7, 11) is 0. The lowest BCUT2D eigenvalue weighted by Crippen LogP contribution is -2.72. The molecule has 35 heavy (non-hydrogen) atoms. The van der Waals surface area contributed by atoms with Crippen LogP contribution in [-0.2, 0) is 10.9 Å². The molecule has 3 saturated heterocycles. The van der Waals surface area contributed by atoms with Crippen LogP contribution in [0, 0.1) is 16.7 Å². The van der Waals surface area contributed by atoms with Crippen LogP contribution in [-0.4, -0.2) is 57.4 Å². The number of halogens is 3. The van der Waals surface area contributed by atoms with Gasteiger partial charge in [0, 0.05) is 12.5 Å². The average Bonchev–Trinajstić information content (AvgIpc) is 3.25. The van der Waals surface area contributed by atoms with Gasteiger partial charge in [0.25, 0.3) is 0 Å². The minimum Gasteiger partial charge on any atom is -0.456 e. The Balaban J connectivity index is 1.56. The first kappa shape index (κ1) is 23.0. The Hall–Kier alpha value is -3.80. The zero-order chi connectivity index (χ0) is 25.1. The third-order valence-electron chi connectivity index (χ3n) is 7.06. The molecule has 2 aromatic carbocycles. The normalized spacial score (nSPS) is 29.9. The number of rotatable bonds is 3. The summed E-state index contributed by atoms with van der Waals surface area (Å²) >= 11 is 0. The van der Waals surface area contributed by atoms with Gasteiger partial charge in [0.15, 0.2) is 11.6 Å². The molecule has 0 radical (unpaired) electrons. The second-order valence-electron chi connectivity index (χ2n) is 8.83. The van der Waals surface area contributed by atoms with E-state index in [4.69, 9.17) is 15.6 Å². The number of hydrogen-bond donors (Lipinski definition) is 5. The molecule has 1 spiro atoms. The van der Waals surface area contributed by atoms with E-state index in [2.05, 4.69) is 10.6 Å². The third-order valence-corrected chi connectivity index (χ3v) is 7.06. The van der Waals surface area contributed by atoms with Crippen LogP contribution in [0.3, 0.4) is 0 Å². The van der Waals surface area contributed by atoms with Crippen LogP contribution < -0.4 is 10.6 Å². The lowest BCUT2D eigenvalue weighted by molar-refractivity contribution is -0.167. The Morgan fingerprint density at radius 3 is 2.40 bits per heavy atom. The summed E-state index contributed by atoms with van der Waals surface area (Å²) in [6.07, 6.45) is -5.44. The SMILES string of the molecule is C[C@@H]1[C@@H](OC(=O)c2ccc(C(F)(F)F)cc2)C(c2ccccc2)N2C(=N)NCC3NC(=N)N(O)C312. The van der Waals surface area contributed by atoms with Gasteiger partial charge in [0.2, 0.25) is 5.96 Å². The summed E-state index contributed by atoms with van der Waals surface area (Å²) in [5.74, 6) is -1.69. The lowest BCUT2D eigenvalue weighted by Gasteiger charge is -2.49. The van der Waals surface area contributed by atoms with Crippen LogP contribution in [0.25, 0.3) is 0 Å². The summed E-state index contributed by atoms with van der Waals surface area (Å²) in [6.45, 7) is 2.01. The van der Waals surface area contributed by atoms with E-state index in [0.29, 0.717) is 5.56 Å². The van der Waals surface area contributed by atoms with Crippen molar-refractivity contribution < 1.29 is 27.9 Å². The molecule has 184 valence electrons. The molecule has 0 saturated carbocycles. The zero-order valence-corrected chi connectivity index (χ0v) is 18.5. The molecule has 9 nitrogen and oxygen atoms in total. The van der Waals surface area contributed by atoms with Crippen molar-refractivity contribution in [2.75, 3.05) is 6.54 Å². The van der Waals surface area contributed by atoms with E-state index < -0.39 is 47.5 Å². The molecule has 5 atom stereocenters. The Morgan fingerprint density at radius 2 is 1.77 bits per heavy atom. The molecule has 3 aliphatic rings. The van der Waals surface area contributed by atoms with Crippen LogP contribution in [0.4, 0.5) is 13.2 Å². The van der Waals surface area contributed by atoms with Gasteiger partial charge in [-0.3, -0.25) is 16.0 Å². The number of alkyl halides is 3. The zero-order valence-electron chi connectivity index (χ0n) is 18.5. The van der Waals surface area contributed by atoms with E-state index >= 15 is 0 Å². The van der Waals surface area contributed by atoms with Gasteiger partial charge in [0.05, 0.1) is 23.2 Å². The highest BCUT2D eigenvalue weighted by atomic mass is 19.4. The number of hydrogen-bond acceptors (Lipinski definition) is 5. The van der Waals surface area contributed by atoms with Crippen molar-refractivity contribution in [2.24, 2.45) is 5.92 Å². The van der Waals surface area contributed by atoms with Crippen molar-refractivity contribution in [3.8, 4) is 0 Å². The highest BCUT2D eigenvalue weighted by molar-refractivity contribution is 5.90. The van der Waals surface area contributed by atoms with Gasteiger partial charge >= 0.3 is 12.1 Å². The minimum atomic E-state index is -4.53. The molecular formula is C23H23F3N6O3. The Kier molecular flexibility index (Phi) is 5.16. The maximum absolute atomic E-state index is 13.1. The van der Waals surface area contributed by atoms with Gasteiger partial charge in [-0.25, -0.2) is 4.79 Å². The van der Waals surface area contributed by atoms with E-state index in [1.165, 1.54) is 0 Å². The smallest absolute Gasteiger partial charge is 0.416 e. The Morgan fingerprint density at radius 1 is 1.11 bits per heavy atom. The Bertz CT molecular complexity index is 1180. The van der Waals surface area contributed by atoms with Crippen molar-refractivity contribution in [3.63, 3.8) is 0 Å². The molecule has 12 heteroatoms. The number of guanidine groups is 2. The fraction of sp³-hybridized carbons (Fsp3) is 0.348. The first-order valence-electron chi connectivity index (χ1n) is 11.0. The van der Waals surface area contributed by atoms with Crippen LogP contribution in [0.1, 0.15) is 34.5 Å². The van der Waals surface area contributed by atoms with Crippen LogP contribution in [0.2, 0.25) is 0 Å². The van der Waals surface area contributed by atoms with E-state index in [1.807, 2.05) is 18.2 Å². The topological polar surface area (TPSA) is 125 Å². The molecule has 0 amide bonds. The maximum Gasteiger partial charge on any atom is 0.416 e. The van der Waals surface area contributed by atoms with Gasteiger partial charge in [-0.1, -0.05) is 37.3 Å². The summed E-state index contributed by atoms with van der Waals surface area (Å²) < 4.78 is 44.7. The van der Waals surface area contributed by atoms with Crippen molar-refractivity contribution in [1.82, 2.24) is 20.6 Å². The summed E-state index contributed by atoms with van der Waals surface area (Å²) in [5.41, 5.74) is -1.52. The van der Waals surface area contributed by atoms with Gasteiger partial charge in [0.1, 0.15) is 6.10 Å². The average molecular weight is 488 g/mol. The predicted octanol–water partition coefficient (Wildman–Crippen LogP) is 2.76. The molecule has 2 aromatic rings. The van der Waals surface area contributed by atoms with Gasteiger partial charge in [-0.2, -0.15) is 18.2 Å². The largest absolute Gasteiger partial charge is 0.456 e. The number of esters is 1. The van der Waals surface area contributed by atoms with Crippen LogP contribution in [0.15, 0.2) is 54.6 Å². The quantitative estimate of drug-likeness (QED) is 0.421. The van der Waals surface area contributed by atoms with E-state index in [0.717, 1.165) is 29.3 Å². The number of carbonyl (C=O) groups is 1. The Labute approximate surface area is 198 Å². The first-order chi connectivity index (χ1) is 16.6. The highest BCUT2D eigenvalue weighted by Crippen LogP contribution is 2.53. The summed E-state index contributed by atoms with van der Waals surface area (Å²) in [5, 5.41) is 34.5. The maximum atomic E-state index is 13.1. The first-order valence-corrected chi connectivity index (χ1v) is 11.0. The predicted molar refractivity (Wildman–Crippen MR) is 118 cm³/mol. The molecule has 0 aliphatic carbocycles. The number of benzene rings is 2. The summed E-state index contributed by atoms with van der Waals surface area (Å²) in [4.78, 5) is 14.7. The second-order valence-corrected chi connectivity index (χ2v) is 8.83. The number of hydroxylamine groups is 2. The van der Waals surface area contributed by atoms with Crippen LogP contribution >= 0.6 is 0 Å². The molecule has 5 N–H and O–H groups in total. The van der Waals surface area contributed by atoms with Gasteiger partial charge < -0.3 is 20.3 Å². The molecule has 3 unspecified atom stereocenters. The number of nitrogens with one attached hydrogen (secondary N) is 4.